The number of aryl methyl sites for hydroxylation is 2. The fraction of sp³-hybridized carbons (Fsp3) is 0.235. The minimum atomic E-state index is -0.711. The second kappa shape index (κ2) is 9.10. The van der Waals surface area contributed by atoms with Crippen LogP contribution in [-0.2, 0) is 0 Å². The fourth-order valence-electron chi connectivity index (χ4n) is 2.21. The lowest BCUT2D eigenvalue weighted by molar-refractivity contribution is 0.187. The summed E-state index contributed by atoms with van der Waals surface area (Å²) in [5.41, 5.74) is 9.81. The number of halogens is 2. The minimum absolute atomic E-state index is 0. The van der Waals surface area contributed by atoms with Gasteiger partial charge in [-0.05, 0) is 54.8 Å². The predicted molar refractivity (Wildman–Crippen MR) is 108 cm³/mol. The number of guanidine groups is 1. The van der Waals surface area contributed by atoms with E-state index in [1.165, 1.54) is 0 Å². The van der Waals surface area contributed by atoms with Crippen molar-refractivity contribution in [2.24, 2.45) is 10.7 Å². The summed E-state index contributed by atoms with van der Waals surface area (Å²) in [6.07, 6.45) is -0.711. The highest BCUT2D eigenvalue weighted by atomic mass is 127. The summed E-state index contributed by atoms with van der Waals surface area (Å²) in [7, 11) is 0. The minimum Gasteiger partial charge on any atom is -0.386 e. The first-order valence-electron chi connectivity index (χ1n) is 7.03. The number of nitrogens with one attached hydrogen (secondary N) is 1. The van der Waals surface area contributed by atoms with E-state index in [0.29, 0.717) is 5.02 Å². The van der Waals surface area contributed by atoms with Crippen molar-refractivity contribution in [2.75, 3.05) is 11.9 Å². The highest BCUT2D eigenvalue weighted by Crippen LogP contribution is 2.17. The maximum absolute atomic E-state index is 10.1. The molecule has 4 nitrogen and oxygen atoms in total. The zero-order chi connectivity index (χ0) is 16.1. The van der Waals surface area contributed by atoms with Crippen LogP contribution in [0.5, 0.6) is 0 Å². The third-order valence-electron chi connectivity index (χ3n) is 3.18. The molecule has 1 unspecified atom stereocenters. The molecular formula is C17H21ClIN3O. The molecule has 0 radical (unpaired) electrons. The second-order valence-corrected chi connectivity index (χ2v) is 5.73. The van der Waals surface area contributed by atoms with Crippen molar-refractivity contribution < 1.29 is 5.11 Å². The Labute approximate surface area is 158 Å². The summed E-state index contributed by atoms with van der Waals surface area (Å²) in [5, 5.41) is 13.8. The number of nitrogens with zero attached hydrogens (tertiary/aromatic N) is 1. The molecule has 4 N–H and O–H groups in total. The molecule has 2 aromatic carbocycles. The highest BCUT2D eigenvalue weighted by molar-refractivity contribution is 14.0. The number of rotatable bonds is 4. The third kappa shape index (κ3) is 6.37. The number of aliphatic hydroxyl groups excluding tert-OH is 1. The number of anilines is 1. The summed E-state index contributed by atoms with van der Waals surface area (Å²) in [6, 6.07) is 13.1. The quantitative estimate of drug-likeness (QED) is 0.378. The predicted octanol–water partition coefficient (Wildman–Crippen LogP) is 4.04. The molecule has 0 spiro atoms. The molecule has 0 aliphatic heterocycles. The van der Waals surface area contributed by atoms with Crippen LogP contribution in [0.4, 0.5) is 5.69 Å². The number of aliphatic hydroxyl groups is 1. The summed E-state index contributed by atoms with van der Waals surface area (Å²) >= 11 is 5.82. The molecule has 2 aromatic rings. The molecule has 0 aliphatic rings. The van der Waals surface area contributed by atoms with E-state index < -0.39 is 6.10 Å². The van der Waals surface area contributed by atoms with Gasteiger partial charge < -0.3 is 16.2 Å². The van der Waals surface area contributed by atoms with Crippen molar-refractivity contribution in [1.82, 2.24) is 0 Å². The molecule has 1 atom stereocenters. The molecule has 0 amide bonds. The van der Waals surface area contributed by atoms with Crippen LogP contribution in [0.2, 0.25) is 5.02 Å². The number of aliphatic imine (C=N–C) groups is 1. The molecule has 0 aromatic heterocycles. The van der Waals surface area contributed by atoms with Gasteiger partial charge in [-0.2, -0.15) is 0 Å². The molecule has 2 rings (SSSR count). The summed E-state index contributed by atoms with van der Waals surface area (Å²) < 4.78 is 0. The van der Waals surface area contributed by atoms with Gasteiger partial charge in [0.2, 0.25) is 0 Å². The highest BCUT2D eigenvalue weighted by Gasteiger charge is 2.07. The SMILES string of the molecule is Cc1cc(C)cc(NC(N)=NCC(O)c2ccc(Cl)cc2)c1.I. The molecule has 0 fully saturated rings. The van der Waals surface area contributed by atoms with Crippen molar-refractivity contribution in [2.45, 2.75) is 20.0 Å². The average molecular weight is 446 g/mol. The van der Waals surface area contributed by atoms with Gasteiger partial charge in [-0.1, -0.05) is 29.8 Å². The molecule has 0 bridgehead atoms. The van der Waals surface area contributed by atoms with Crippen LogP contribution in [0.3, 0.4) is 0 Å². The first-order chi connectivity index (χ1) is 10.4. The Morgan fingerprint density at radius 2 is 1.74 bits per heavy atom. The maximum atomic E-state index is 10.1. The van der Waals surface area contributed by atoms with E-state index in [-0.39, 0.29) is 36.5 Å². The molecule has 6 heteroatoms. The van der Waals surface area contributed by atoms with Gasteiger partial charge in [0.15, 0.2) is 5.96 Å². The molecule has 124 valence electrons. The van der Waals surface area contributed by atoms with Crippen molar-refractivity contribution in [3.8, 4) is 0 Å². The number of nitrogens with two attached hydrogens (primary N) is 1. The third-order valence-corrected chi connectivity index (χ3v) is 3.44. The van der Waals surface area contributed by atoms with Gasteiger partial charge >= 0.3 is 0 Å². The first-order valence-corrected chi connectivity index (χ1v) is 7.40. The van der Waals surface area contributed by atoms with Crippen LogP contribution in [0.25, 0.3) is 0 Å². The topological polar surface area (TPSA) is 70.6 Å². The zero-order valence-electron chi connectivity index (χ0n) is 13.1. The van der Waals surface area contributed by atoms with Gasteiger partial charge in [-0.15, -0.1) is 24.0 Å². The Morgan fingerprint density at radius 1 is 1.17 bits per heavy atom. The van der Waals surface area contributed by atoms with Gasteiger partial charge in [0.05, 0.1) is 12.6 Å². The van der Waals surface area contributed by atoms with Gasteiger partial charge in [0.1, 0.15) is 0 Å². The molecule has 0 heterocycles. The normalized spacial score (nSPS) is 12.4. The monoisotopic (exact) mass is 445 g/mol. The van der Waals surface area contributed by atoms with Crippen LogP contribution in [0, 0.1) is 13.8 Å². The van der Waals surface area contributed by atoms with Gasteiger partial charge in [-0.25, -0.2) is 0 Å². The fourth-order valence-corrected chi connectivity index (χ4v) is 2.34. The molecule has 0 saturated carbocycles. The van der Waals surface area contributed by atoms with Gasteiger partial charge in [0.25, 0.3) is 0 Å². The Balaban J connectivity index is 0.00000264. The standard InChI is InChI=1S/C17H20ClN3O.HI/c1-11-7-12(2)9-15(8-11)21-17(19)20-10-16(22)13-3-5-14(18)6-4-13;/h3-9,16,22H,10H2,1-2H3,(H3,19,20,21);1H. The van der Waals surface area contributed by atoms with E-state index in [0.717, 1.165) is 22.4 Å². The Hall–Kier alpha value is -1.31. The molecule has 23 heavy (non-hydrogen) atoms. The Morgan fingerprint density at radius 3 is 2.30 bits per heavy atom. The zero-order valence-corrected chi connectivity index (χ0v) is 16.2. The van der Waals surface area contributed by atoms with Crippen LogP contribution in [-0.4, -0.2) is 17.6 Å². The van der Waals surface area contributed by atoms with Crippen molar-refractivity contribution >= 4 is 47.2 Å². The van der Waals surface area contributed by atoms with Crippen LogP contribution >= 0.6 is 35.6 Å². The van der Waals surface area contributed by atoms with Gasteiger partial charge in [-0.3, -0.25) is 4.99 Å². The molecular weight excluding hydrogens is 425 g/mol. The van der Waals surface area contributed by atoms with Gasteiger partial charge in [0, 0.05) is 10.7 Å². The van der Waals surface area contributed by atoms with Crippen LogP contribution in [0.15, 0.2) is 47.5 Å². The summed E-state index contributed by atoms with van der Waals surface area (Å²) in [6.45, 7) is 4.23. The first kappa shape index (κ1) is 19.7. The van der Waals surface area contributed by atoms with Crippen LogP contribution in [0.1, 0.15) is 22.8 Å². The van der Waals surface area contributed by atoms with Crippen molar-refractivity contribution in [3.05, 3.63) is 64.2 Å². The van der Waals surface area contributed by atoms with E-state index >= 15 is 0 Å². The number of hydrogen-bond acceptors (Lipinski definition) is 2. The van der Waals surface area contributed by atoms with E-state index in [2.05, 4.69) is 16.4 Å². The molecule has 0 aliphatic carbocycles. The Kier molecular flexibility index (Phi) is 7.81. The van der Waals surface area contributed by atoms with E-state index in [4.69, 9.17) is 17.3 Å². The largest absolute Gasteiger partial charge is 0.386 e. The van der Waals surface area contributed by atoms with Crippen LogP contribution < -0.4 is 11.1 Å². The summed E-state index contributed by atoms with van der Waals surface area (Å²) in [5.74, 6) is 0.276. The number of hydrogen-bond donors (Lipinski definition) is 3. The lowest BCUT2D eigenvalue weighted by Crippen LogP contribution is -2.23. The van der Waals surface area contributed by atoms with E-state index in [9.17, 15) is 5.11 Å². The van der Waals surface area contributed by atoms with Crippen molar-refractivity contribution in [3.63, 3.8) is 0 Å². The summed E-state index contributed by atoms with van der Waals surface area (Å²) in [4.78, 5) is 4.18. The number of benzene rings is 2. The maximum Gasteiger partial charge on any atom is 0.193 e. The van der Waals surface area contributed by atoms with E-state index in [1.54, 1.807) is 24.3 Å². The molecule has 0 saturated heterocycles. The second-order valence-electron chi connectivity index (χ2n) is 5.29. The van der Waals surface area contributed by atoms with Crippen molar-refractivity contribution in [1.29, 1.82) is 0 Å². The van der Waals surface area contributed by atoms with E-state index in [1.807, 2.05) is 26.0 Å². The lowest BCUT2D eigenvalue weighted by atomic mass is 10.1. The lowest BCUT2D eigenvalue weighted by Gasteiger charge is -2.11. The average Bonchev–Trinajstić information content (AvgIpc) is 2.44. The Bertz CT molecular complexity index is 654. The smallest absolute Gasteiger partial charge is 0.193 e.